The Morgan fingerprint density at radius 1 is 0.516 bits per heavy atom. The van der Waals surface area contributed by atoms with E-state index in [-0.39, 0.29) is 0 Å². The van der Waals surface area contributed by atoms with Crippen molar-refractivity contribution in [2.24, 2.45) is 0 Å². The van der Waals surface area contributed by atoms with Gasteiger partial charge in [0.25, 0.3) is 0 Å². The van der Waals surface area contributed by atoms with E-state index in [1.54, 1.807) is 0 Å². The molecule has 0 aliphatic heterocycles. The van der Waals surface area contributed by atoms with Crippen molar-refractivity contribution in [1.82, 2.24) is 0 Å². The maximum atomic E-state index is 6.05. The Labute approximate surface area is 184 Å². The van der Waals surface area contributed by atoms with Gasteiger partial charge >= 0.3 is 0 Å². The molecule has 0 saturated carbocycles. The van der Waals surface area contributed by atoms with Gasteiger partial charge < -0.3 is 4.74 Å². The summed E-state index contributed by atoms with van der Waals surface area (Å²) in [5.41, 5.74) is 0. The largest absolute Gasteiger partial charge is 0.494 e. The molecule has 0 aliphatic carbocycles. The van der Waals surface area contributed by atoms with Crippen LogP contribution in [0.25, 0.3) is 43.1 Å². The van der Waals surface area contributed by atoms with Crippen LogP contribution in [0.1, 0.15) is 45.4 Å². The molecule has 156 valence electrons. The molecule has 0 radical (unpaired) electrons. The lowest BCUT2D eigenvalue weighted by molar-refractivity contribution is 0.305. The zero-order valence-corrected chi connectivity index (χ0v) is 18.4. The third kappa shape index (κ3) is 4.10. The maximum Gasteiger partial charge on any atom is 0.119 e. The minimum Gasteiger partial charge on any atom is -0.494 e. The Morgan fingerprint density at radius 2 is 1.16 bits per heavy atom. The molecular weight excluding hydrogens is 376 g/mol. The van der Waals surface area contributed by atoms with Gasteiger partial charge in [-0.25, -0.2) is 0 Å². The minimum absolute atomic E-state index is 0.808. The van der Waals surface area contributed by atoms with Crippen molar-refractivity contribution in [3.63, 3.8) is 0 Å². The van der Waals surface area contributed by atoms with Crippen LogP contribution in [-0.4, -0.2) is 6.61 Å². The normalized spacial score (nSPS) is 11.6. The molecule has 5 aromatic carbocycles. The average Bonchev–Trinajstić information content (AvgIpc) is 2.81. The van der Waals surface area contributed by atoms with Gasteiger partial charge in [0.1, 0.15) is 5.75 Å². The molecule has 0 saturated heterocycles. The fraction of sp³-hybridized carbons (Fsp3) is 0.267. The highest BCUT2D eigenvalue weighted by molar-refractivity contribution is 6.19. The van der Waals surface area contributed by atoms with Gasteiger partial charge in [-0.15, -0.1) is 0 Å². The van der Waals surface area contributed by atoms with Gasteiger partial charge in [-0.2, -0.15) is 0 Å². The number of unbranched alkanes of at least 4 members (excludes halogenated alkanes) is 5. The summed E-state index contributed by atoms with van der Waals surface area (Å²) < 4.78 is 6.05. The van der Waals surface area contributed by atoms with Gasteiger partial charge in [0.15, 0.2) is 0 Å². The van der Waals surface area contributed by atoms with Crippen LogP contribution in [0.15, 0.2) is 78.9 Å². The third-order valence-electron chi connectivity index (χ3n) is 6.44. The van der Waals surface area contributed by atoms with Gasteiger partial charge in [0.2, 0.25) is 0 Å². The van der Waals surface area contributed by atoms with E-state index >= 15 is 0 Å². The van der Waals surface area contributed by atoms with E-state index in [1.165, 1.54) is 75.2 Å². The molecule has 31 heavy (non-hydrogen) atoms. The first-order valence-electron chi connectivity index (χ1n) is 11.7. The van der Waals surface area contributed by atoms with Crippen LogP contribution >= 0.6 is 0 Å². The molecule has 5 rings (SSSR count). The Bertz CT molecular complexity index is 1350. The number of ether oxygens (including phenoxy) is 1. The van der Waals surface area contributed by atoms with Gasteiger partial charge in [0.05, 0.1) is 6.61 Å². The smallest absolute Gasteiger partial charge is 0.119 e. The van der Waals surface area contributed by atoms with Gasteiger partial charge in [-0.1, -0.05) is 93.6 Å². The number of rotatable bonds is 8. The van der Waals surface area contributed by atoms with Crippen molar-refractivity contribution < 1.29 is 4.74 Å². The topological polar surface area (TPSA) is 9.23 Å². The number of fused-ring (bicyclic) bond motifs is 6. The van der Waals surface area contributed by atoms with E-state index in [0.717, 1.165) is 18.8 Å². The predicted molar refractivity (Wildman–Crippen MR) is 135 cm³/mol. The molecule has 0 N–H and O–H groups in total. The standard InChI is InChI=1S/C30H30O/c1-2-3-4-5-6-9-18-31-26-14-17-27-25(20-26)13-16-29-28(27)15-12-24-19-22-10-7-8-11-23(22)21-30(24)29/h7-8,10-17,19-21H,2-6,9,18H2,1H3. The molecule has 0 spiro atoms. The summed E-state index contributed by atoms with van der Waals surface area (Å²) in [6.45, 7) is 3.07. The lowest BCUT2D eigenvalue weighted by Gasteiger charge is -2.11. The number of benzene rings is 5. The van der Waals surface area contributed by atoms with Crippen LogP contribution in [0.5, 0.6) is 5.75 Å². The molecule has 0 unspecified atom stereocenters. The Morgan fingerprint density at radius 3 is 1.97 bits per heavy atom. The predicted octanol–water partition coefficient (Wildman–Crippen LogP) is 9.04. The van der Waals surface area contributed by atoms with Crippen LogP contribution in [0.4, 0.5) is 0 Å². The Kier molecular flexibility index (Phi) is 5.76. The Balaban J connectivity index is 1.42. The summed E-state index contributed by atoms with van der Waals surface area (Å²) in [4.78, 5) is 0. The molecule has 0 aliphatic rings. The van der Waals surface area contributed by atoms with Gasteiger partial charge in [-0.3, -0.25) is 0 Å². The van der Waals surface area contributed by atoms with E-state index in [0.29, 0.717) is 0 Å². The van der Waals surface area contributed by atoms with Crippen LogP contribution in [-0.2, 0) is 0 Å². The zero-order chi connectivity index (χ0) is 21.0. The highest BCUT2D eigenvalue weighted by Crippen LogP contribution is 2.34. The van der Waals surface area contributed by atoms with E-state index in [9.17, 15) is 0 Å². The lowest BCUT2D eigenvalue weighted by Crippen LogP contribution is -1.97. The second-order valence-electron chi connectivity index (χ2n) is 8.65. The summed E-state index contributed by atoms with van der Waals surface area (Å²) in [6, 6.07) is 28.8. The molecule has 1 heteroatoms. The average molecular weight is 407 g/mol. The Hall–Kier alpha value is -3.06. The molecule has 0 bridgehead atoms. The molecule has 1 nitrogen and oxygen atoms in total. The SMILES string of the molecule is CCCCCCCCOc1ccc2c(ccc3c4cc5ccccc5cc4ccc23)c1. The summed E-state index contributed by atoms with van der Waals surface area (Å²) in [7, 11) is 0. The highest BCUT2D eigenvalue weighted by atomic mass is 16.5. The monoisotopic (exact) mass is 406 g/mol. The van der Waals surface area contributed by atoms with Crippen molar-refractivity contribution in [2.75, 3.05) is 6.61 Å². The summed E-state index contributed by atoms with van der Waals surface area (Å²) in [5, 5.41) is 10.4. The molecule has 0 atom stereocenters. The lowest BCUT2D eigenvalue weighted by atomic mass is 9.95. The summed E-state index contributed by atoms with van der Waals surface area (Å²) >= 11 is 0. The fourth-order valence-corrected chi connectivity index (χ4v) is 4.71. The van der Waals surface area contributed by atoms with Crippen molar-refractivity contribution in [2.45, 2.75) is 45.4 Å². The first kappa shape index (κ1) is 19.9. The minimum atomic E-state index is 0.808. The molecular formula is C30H30O. The van der Waals surface area contributed by atoms with Crippen LogP contribution in [0.2, 0.25) is 0 Å². The van der Waals surface area contributed by atoms with E-state index in [2.05, 4.69) is 85.8 Å². The second-order valence-corrected chi connectivity index (χ2v) is 8.65. The van der Waals surface area contributed by atoms with Gasteiger partial charge in [-0.05, 0) is 73.8 Å². The quantitative estimate of drug-likeness (QED) is 0.142. The van der Waals surface area contributed by atoms with Crippen molar-refractivity contribution >= 4 is 43.1 Å². The first-order valence-corrected chi connectivity index (χ1v) is 11.7. The maximum absolute atomic E-state index is 6.05. The van der Waals surface area contributed by atoms with E-state index < -0.39 is 0 Å². The molecule has 0 fully saturated rings. The molecule has 0 heterocycles. The zero-order valence-electron chi connectivity index (χ0n) is 18.4. The van der Waals surface area contributed by atoms with Crippen molar-refractivity contribution in [3.05, 3.63) is 78.9 Å². The van der Waals surface area contributed by atoms with Crippen LogP contribution in [0.3, 0.4) is 0 Å². The summed E-state index contributed by atoms with van der Waals surface area (Å²) in [6.07, 6.45) is 7.73. The highest BCUT2D eigenvalue weighted by Gasteiger charge is 2.07. The van der Waals surface area contributed by atoms with Gasteiger partial charge in [0, 0.05) is 0 Å². The number of hydrogen-bond acceptors (Lipinski definition) is 1. The number of hydrogen-bond donors (Lipinski definition) is 0. The molecule has 0 amide bonds. The second kappa shape index (κ2) is 8.98. The summed E-state index contributed by atoms with van der Waals surface area (Å²) in [5.74, 6) is 0.979. The first-order chi connectivity index (χ1) is 15.3. The van der Waals surface area contributed by atoms with Crippen LogP contribution < -0.4 is 4.74 Å². The molecule has 5 aromatic rings. The molecule has 0 aromatic heterocycles. The fourth-order valence-electron chi connectivity index (χ4n) is 4.71. The van der Waals surface area contributed by atoms with Crippen molar-refractivity contribution in [1.29, 1.82) is 0 Å². The van der Waals surface area contributed by atoms with E-state index in [1.807, 2.05) is 0 Å². The third-order valence-corrected chi connectivity index (χ3v) is 6.44. The van der Waals surface area contributed by atoms with E-state index in [4.69, 9.17) is 4.74 Å². The van der Waals surface area contributed by atoms with Crippen molar-refractivity contribution in [3.8, 4) is 5.75 Å². The van der Waals surface area contributed by atoms with Crippen LogP contribution in [0, 0.1) is 0 Å².